The van der Waals surface area contributed by atoms with Crippen LogP contribution in [0.1, 0.15) is 25.7 Å². The lowest BCUT2D eigenvalue weighted by Crippen LogP contribution is -2.36. The van der Waals surface area contributed by atoms with Crippen LogP contribution in [0.15, 0.2) is 0 Å². The molecule has 0 aromatic carbocycles. The first-order valence-corrected chi connectivity index (χ1v) is 4.31. The molecule has 0 saturated heterocycles. The van der Waals surface area contributed by atoms with Crippen LogP contribution in [0.2, 0.25) is 0 Å². The quantitative estimate of drug-likeness (QED) is 0.513. The molecule has 0 amide bonds. The first kappa shape index (κ1) is 9.92. The second-order valence-corrected chi connectivity index (χ2v) is 3.28. The monoisotopic (exact) mass is 176 g/mol. The lowest BCUT2D eigenvalue weighted by molar-refractivity contribution is -0.195. The summed E-state index contributed by atoms with van der Waals surface area (Å²) in [5.41, 5.74) is 0. The Labute approximate surface area is 71.8 Å². The number of aliphatic hydroxyl groups excluding tert-OH is 1. The molecule has 0 spiro atoms. The predicted molar refractivity (Wildman–Crippen MR) is 42.5 cm³/mol. The first-order chi connectivity index (χ1) is 5.64. The van der Waals surface area contributed by atoms with Crippen molar-refractivity contribution in [1.29, 1.82) is 0 Å². The average molecular weight is 176 g/mol. The van der Waals surface area contributed by atoms with E-state index >= 15 is 0 Å². The van der Waals surface area contributed by atoms with Crippen molar-refractivity contribution >= 4 is 0 Å². The van der Waals surface area contributed by atoms with Crippen molar-refractivity contribution in [2.45, 2.75) is 37.6 Å². The third kappa shape index (κ3) is 3.06. The van der Waals surface area contributed by atoms with Crippen LogP contribution in [0.3, 0.4) is 0 Å². The minimum Gasteiger partial charge on any atom is -0.394 e. The molecule has 4 nitrogen and oxygen atoms in total. The number of aliphatic hydroxyl groups is 3. The Hall–Kier alpha value is -0.160. The van der Waals surface area contributed by atoms with E-state index in [0.717, 1.165) is 0 Å². The SMILES string of the molecule is OCCOC1CCC(O)(O)CC1. The maximum absolute atomic E-state index is 9.17. The predicted octanol–water partition coefficient (Wildman–Crippen LogP) is -0.381. The molecule has 4 heteroatoms. The first-order valence-electron chi connectivity index (χ1n) is 4.31. The van der Waals surface area contributed by atoms with Gasteiger partial charge in [-0.05, 0) is 12.8 Å². The highest BCUT2D eigenvalue weighted by Crippen LogP contribution is 2.27. The summed E-state index contributed by atoms with van der Waals surface area (Å²) in [5.74, 6) is -1.49. The van der Waals surface area contributed by atoms with E-state index in [1.807, 2.05) is 0 Å². The molecule has 12 heavy (non-hydrogen) atoms. The van der Waals surface area contributed by atoms with Crippen molar-refractivity contribution in [3.63, 3.8) is 0 Å². The zero-order valence-electron chi connectivity index (χ0n) is 7.07. The molecule has 1 aliphatic rings. The summed E-state index contributed by atoms with van der Waals surface area (Å²) in [4.78, 5) is 0. The van der Waals surface area contributed by atoms with Gasteiger partial charge >= 0.3 is 0 Å². The molecular formula is C8H16O4. The molecule has 0 unspecified atom stereocenters. The van der Waals surface area contributed by atoms with E-state index in [-0.39, 0.29) is 12.7 Å². The summed E-state index contributed by atoms with van der Waals surface area (Å²) < 4.78 is 5.25. The second kappa shape index (κ2) is 4.18. The van der Waals surface area contributed by atoms with Crippen LogP contribution >= 0.6 is 0 Å². The van der Waals surface area contributed by atoms with Gasteiger partial charge in [-0.15, -0.1) is 0 Å². The largest absolute Gasteiger partial charge is 0.394 e. The molecule has 3 N–H and O–H groups in total. The van der Waals surface area contributed by atoms with Gasteiger partial charge in [0.15, 0.2) is 5.79 Å². The van der Waals surface area contributed by atoms with Gasteiger partial charge in [-0.25, -0.2) is 0 Å². The molecule has 0 aromatic heterocycles. The van der Waals surface area contributed by atoms with Crippen LogP contribution in [0.4, 0.5) is 0 Å². The maximum Gasteiger partial charge on any atom is 0.162 e. The van der Waals surface area contributed by atoms with Crippen LogP contribution < -0.4 is 0 Å². The Kier molecular flexibility index (Phi) is 3.46. The standard InChI is InChI=1S/C8H16O4/c9-5-6-12-7-1-3-8(10,11)4-2-7/h7,9-11H,1-6H2. The van der Waals surface area contributed by atoms with E-state index in [1.165, 1.54) is 0 Å². The number of hydrogen-bond donors (Lipinski definition) is 3. The molecule has 1 fully saturated rings. The lowest BCUT2D eigenvalue weighted by Gasteiger charge is -2.31. The number of rotatable bonds is 3. The van der Waals surface area contributed by atoms with Crippen molar-refractivity contribution in [2.24, 2.45) is 0 Å². The van der Waals surface area contributed by atoms with Crippen LogP contribution in [0.5, 0.6) is 0 Å². The van der Waals surface area contributed by atoms with E-state index in [9.17, 15) is 0 Å². The minimum atomic E-state index is -1.49. The molecule has 0 aromatic rings. The van der Waals surface area contributed by atoms with Gasteiger partial charge in [0.05, 0.1) is 19.3 Å². The topological polar surface area (TPSA) is 69.9 Å². The van der Waals surface area contributed by atoms with Gasteiger partial charge in [-0.1, -0.05) is 0 Å². The van der Waals surface area contributed by atoms with Crippen LogP contribution in [0.25, 0.3) is 0 Å². The van der Waals surface area contributed by atoms with E-state index in [4.69, 9.17) is 20.1 Å². The Balaban J connectivity index is 2.18. The van der Waals surface area contributed by atoms with E-state index in [1.54, 1.807) is 0 Å². The fourth-order valence-electron chi connectivity index (χ4n) is 1.44. The molecule has 0 bridgehead atoms. The molecule has 1 aliphatic carbocycles. The highest BCUT2D eigenvalue weighted by molar-refractivity contribution is 4.76. The summed E-state index contributed by atoms with van der Waals surface area (Å²) in [6.07, 6.45) is 2.14. The Morgan fingerprint density at radius 3 is 2.33 bits per heavy atom. The summed E-state index contributed by atoms with van der Waals surface area (Å²) >= 11 is 0. The third-order valence-electron chi connectivity index (χ3n) is 2.18. The number of hydrogen-bond acceptors (Lipinski definition) is 4. The molecule has 0 radical (unpaired) electrons. The van der Waals surface area contributed by atoms with Crippen LogP contribution in [-0.4, -0.2) is 40.4 Å². The number of ether oxygens (including phenoxy) is 1. The molecule has 0 aliphatic heterocycles. The fraction of sp³-hybridized carbons (Fsp3) is 1.00. The Morgan fingerprint density at radius 2 is 1.83 bits per heavy atom. The van der Waals surface area contributed by atoms with Crippen molar-refractivity contribution in [2.75, 3.05) is 13.2 Å². The van der Waals surface area contributed by atoms with E-state index in [0.29, 0.717) is 32.3 Å². The molecular weight excluding hydrogens is 160 g/mol. The molecule has 0 heterocycles. The van der Waals surface area contributed by atoms with Gasteiger partial charge in [-0.3, -0.25) is 0 Å². The second-order valence-electron chi connectivity index (χ2n) is 3.28. The molecule has 72 valence electrons. The highest BCUT2D eigenvalue weighted by atomic mass is 16.5. The van der Waals surface area contributed by atoms with Gasteiger partial charge in [0.2, 0.25) is 0 Å². The van der Waals surface area contributed by atoms with Crippen molar-refractivity contribution in [3.8, 4) is 0 Å². The van der Waals surface area contributed by atoms with E-state index in [2.05, 4.69) is 0 Å². The van der Waals surface area contributed by atoms with Crippen molar-refractivity contribution in [3.05, 3.63) is 0 Å². The minimum absolute atomic E-state index is 0.0277. The molecule has 1 saturated carbocycles. The van der Waals surface area contributed by atoms with Crippen molar-refractivity contribution in [1.82, 2.24) is 0 Å². The van der Waals surface area contributed by atoms with Crippen molar-refractivity contribution < 1.29 is 20.1 Å². The van der Waals surface area contributed by atoms with Gasteiger partial charge < -0.3 is 20.1 Å². The van der Waals surface area contributed by atoms with E-state index < -0.39 is 5.79 Å². The van der Waals surface area contributed by atoms with Gasteiger partial charge in [0, 0.05) is 12.8 Å². The summed E-state index contributed by atoms with van der Waals surface area (Å²) in [6, 6.07) is 0. The summed E-state index contributed by atoms with van der Waals surface area (Å²) in [6.45, 7) is 0.369. The lowest BCUT2D eigenvalue weighted by atomic mass is 9.92. The molecule has 0 atom stereocenters. The normalized spacial score (nSPS) is 24.2. The van der Waals surface area contributed by atoms with Crippen LogP contribution in [0, 0.1) is 0 Å². The third-order valence-corrected chi connectivity index (χ3v) is 2.18. The van der Waals surface area contributed by atoms with Gasteiger partial charge in [0.25, 0.3) is 0 Å². The average Bonchev–Trinajstić information content (AvgIpc) is 2.03. The molecule has 1 rings (SSSR count). The van der Waals surface area contributed by atoms with Gasteiger partial charge in [-0.2, -0.15) is 0 Å². The summed E-state index contributed by atoms with van der Waals surface area (Å²) in [5, 5.41) is 26.8. The zero-order chi connectivity index (χ0) is 9.03. The Morgan fingerprint density at radius 1 is 1.25 bits per heavy atom. The van der Waals surface area contributed by atoms with Gasteiger partial charge in [0.1, 0.15) is 0 Å². The Bertz CT molecular complexity index is 125. The smallest absolute Gasteiger partial charge is 0.162 e. The maximum atomic E-state index is 9.17. The zero-order valence-corrected chi connectivity index (χ0v) is 7.07. The highest BCUT2D eigenvalue weighted by Gasteiger charge is 2.30. The fourth-order valence-corrected chi connectivity index (χ4v) is 1.44. The van der Waals surface area contributed by atoms with Crippen LogP contribution in [-0.2, 0) is 4.74 Å². The summed E-state index contributed by atoms with van der Waals surface area (Å²) in [7, 11) is 0.